The third-order valence-electron chi connectivity index (χ3n) is 4.24. The molecule has 0 unspecified atom stereocenters. The van der Waals surface area contributed by atoms with Gasteiger partial charge in [-0.2, -0.15) is 0 Å². The molecular formula is C21H25N3. The van der Waals surface area contributed by atoms with Crippen molar-refractivity contribution in [3.05, 3.63) is 78.2 Å². The Labute approximate surface area is 144 Å². The molecule has 1 aromatic heterocycles. The van der Waals surface area contributed by atoms with Gasteiger partial charge in [-0.1, -0.05) is 80.4 Å². The van der Waals surface area contributed by atoms with Crippen LogP contribution in [0.2, 0.25) is 0 Å². The van der Waals surface area contributed by atoms with Crippen LogP contribution < -0.4 is 5.32 Å². The number of rotatable bonds is 8. The first kappa shape index (κ1) is 16.5. The van der Waals surface area contributed by atoms with Gasteiger partial charge < -0.3 is 10.3 Å². The molecule has 0 aliphatic carbocycles. The molecule has 0 spiro atoms. The van der Waals surface area contributed by atoms with Crippen LogP contribution in [0, 0.1) is 0 Å². The van der Waals surface area contributed by atoms with E-state index in [0.717, 1.165) is 30.0 Å². The predicted octanol–water partition coefficient (Wildman–Crippen LogP) is 5.10. The van der Waals surface area contributed by atoms with Gasteiger partial charge in [0.25, 0.3) is 0 Å². The van der Waals surface area contributed by atoms with Crippen LogP contribution in [-0.4, -0.2) is 9.97 Å². The molecule has 2 aromatic carbocycles. The lowest BCUT2D eigenvalue weighted by Gasteiger charge is -2.16. The summed E-state index contributed by atoms with van der Waals surface area (Å²) < 4.78 is 0. The molecule has 0 aliphatic heterocycles. The highest BCUT2D eigenvalue weighted by atomic mass is 15.0. The summed E-state index contributed by atoms with van der Waals surface area (Å²) in [5.74, 6) is 1.03. The Balaban J connectivity index is 1.72. The summed E-state index contributed by atoms with van der Waals surface area (Å²) in [4.78, 5) is 8.20. The van der Waals surface area contributed by atoms with E-state index in [4.69, 9.17) is 4.98 Å². The maximum atomic E-state index is 4.83. The Hall–Kier alpha value is -2.39. The van der Waals surface area contributed by atoms with Gasteiger partial charge in [0.05, 0.1) is 11.7 Å². The van der Waals surface area contributed by atoms with Crippen LogP contribution in [0.4, 0.5) is 0 Å². The number of hydrogen-bond donors (Lipinski definition) is 2. The lowest BCUT2D eigenvalue weighted by atomic mass is 10.1. The second-order valence-corrected chi connectivity index (χ2v) is 6.10. The predicted molar refractivity (Wildman–Crippen MR) is 99.6 cm³/mol. The zero-order valence-electron chi connectivity index (χ0n) is 14.2. The molecule has 0 saturated carbocycles. The zero-order valence-corrected chi connectivity index (χ0v) is 14.2. The molecule has 0 saturated heterocycles. The molecule has 24 heavy (non-hydrogen) atoms. The van der Waals surface area contributed by atoms with Gasteiger partial charge in [0.2, 0.25) is 0 Å². The molecule has 0 aliphatic rings. The Morgan fingerprint density at radius 2 is 1.71 bits per heavy atom. The van der Waals surface area contributed by atoms with Gasteiger partial charge in [0.15, 0.2) is 0 Å². The lowest BCUT2D eigenvalue weighted by molar-refractivity contribution is 0.463. The molecular weight excluding hydrogens is 294 g/mol. The second-order valence-electron chi connectivity index (χ2n) is 6.10. The summed E-state index contributed by atoms with van der Waals surface area (Å²) in [6.07, 6.45) is 5.47. The quantitative estimate of drug-likeness (QED) is 0.606. The van der Waals surface area contributed by atoms with Crippen LogP contribution in [0.1, 0.15) is 43.6 Å². The Morgan fingerprint density at radius 3 is 2.42 bits per heavy atom. The minimum Gasteiger partial charge on any atom is -0.347 e. The zero-order chi connectivity index (χ0) is 16.6. The fraction of sp³-hybridized carbons (Fsp3) is 0.286. The Morgan fingerprint density at radius 1 is 1.00 bits per heavy atom. The minimum atomic E-state index is 0.252. The molecule has 0 fully saturated rings. The van der Waals surface area contributed by atoms with Crippen molar-refractivity contribution in [2.75, 3.05) is 0 Å². The number of H-pyrrole nitrogens is 1. The van der Waals surface area contributed by atoms with Crippen molar-refractivity contribution in [3.8, 4) is 11.3 Å². The molecule has 3 aromatic rings. The number of aromatic nitrogens is 2. The van der Waals surface area contributed by atoms with Gasteiger partial charge in [0.1, 0.15) is 5.82 Å². The van der Waals surface area contributed by atoms with E-state index in [1.165, 1.54) is 18.4 Å². The molecule has 0 amide bonds. The maximum absolute atomic E-state index is 4.83. The van der Waals surface area contributed by atoms with E-state index in [0.29, 0.717) is 0 Å². The van der Waals surface area contributed by atoms with Gasteiger partial charge in [-0.3, -0.25) is 0 Å². The Kier molecular flexibility index (Phi) is 5.80. The van der Waals surface area contributed by atoms with Gasteiger partial charge in [-0.05, 0) is 12.0 Å². The molecule has 1 atom stereocenters. The summed E-state index contributed by atoms with van der Waals surface area (Å²) >= 11 is 0. The molecule has 0 radical (unpaired) electrons. The van der Waals surface area contributed by atoms with Crippen molar-refractivity contribution in [1.82, 2.24) is 15.3 Å². The molecule has 124 valence electrons. The van der Waals surface area contributed by atoms with Crippen molar-refractivity contribution >= 4 is 0 Å². The first-order valence-corrected chi connectivity index (χ1v) is 8.75. The van der Waals surface area contributed by atoms with Crippen LogP contribution in [0.5, 0.6) is 0 Å². The van der Waals surface area contributed by atoms with Crippen molar-refractivity contribution < 1.29 is 0 Å². The highest BCUT2D eigenvalue weighted by molar-refractivity contribution is 5.58. The standard InChI is InChI=1S/C21H25N3/c1-2-3-14-19(22-15-17-10-6-4-7-11-17)21-23-16-20(24-21)18-12-8-5-9-13-18/h4-13,16,19,22H,2-3,14-15H2,1H3,(H,23,24)/t19-/m0/s1. The average Bonchev–Trinajstić information content (AvgIpc) is 3.13. The maximum Gasteiger partial charge on any atom is 0.124 e. The van der Waals surface area contributed by atoms with Crippen LogP contribution in [0.15, 0.2) is 66.9 Å². The van der Waals surface area contributed by atoms with Crippen LogP contribution in [0.25, 0.3) is 11.3 Å². The third kappa shape index (κ3) is 4.33. The molecule has 2 N–H and O–H groups in total. The fourth-order valence-corrected chi connectivity index (χ4v) is 2.85. The largest absolute Gasteiger partial charge is 0.347 e. The monoisotopic (exact) mass is 319 g/mol. The summed E-state index contributed by atoms with van der Waals surface area (Å²) in [5, 5.41) is 3.66. The van der Waals surface area contributed by atoms with Crippen molar-refractivity contribution in [1.29, 1.82) is 0 Å². The number of imidazole rings is 1. The molecule has 3 heteroatoms. The molecule has 0 bridgehead atoms. The van der Waals surface area contributed by atoms with E-state index in [-0.39, 0.29) is 6.04 Å². The average molecular weight is 319 g/mol. The first-order valence-electron chi connectivity index (χ1n) is 8.75. The van der Waals surface area contributed by atoms with Crippen LogP contribution in [-0.2, 0) is 6.54 Å². The van der Waals surface area contributed by atoms with Gasteiger partial charge in [0, 0.05) is 18.3 Å². The summed E-state index contributed by atoms with van der Waals surface area (Å²) in [5.41, 5.74) is 3.46. The number of nitrogens with zero attached hydrogens (tertiary/aromatic N) is 1. The fourth-order valence-electron chi connectivity index (χ4n) is 2.85. The normalized spacial score (nSPS) is 12.2. The SMILES string of the molecule is CCCC[C@H](NCc1ccccc1)c1nc(-c2ccccc2)c[nH]1. The van der Waals surface area contributed by atoms with Crippen LogP contribution >= 0.6 is 0 Å². The number of hydrogen-bond acceptors (Lipinski definition) is 2. The second kappa shape index (κ2) is 8.46. The highest BCUT2D eigenvalue weighted by Gasteiger charge is 2.15. The van der Waals surface area contributed by atoms with Gasteiger partial charge >= 0.3 is 0 Å². The number of aromatic amines is 1. The van der Waals surface area contributed by atoms with Gasteiger partial charge in [-0.25, -0.2) is 4.98 Å². The third-order valence-corrected chi connectivity index (χ3v) is 4.24. The topological polar surface area (TPSA) is 40.7 Å². The van der Waals surface area contributed by atoms with E-state index in [2.05, 4.69) is 59.7 Å². The first-order chi connectivity index (χ1) is 11.9. The van der Waals surface area contributed by atoms with Crippen molar-refractivity contribution in [3.63, 3.8) is 0 Å². The summed E-state index contributed by atoms with van der Waals surface area (Å²) in [7, 11) is 0. The van der Waals surface area contributed by atoms with E-state index >= 15 is 0 Å². The van der Waals surface area contributed by atoms with E-state index < -0.39 is 0 Å². The molecule has 1 heterocycles. The van der Waals surface area contributed by atoms with E-state index in [1.54, 1.807) is 0 Å². The van der Waals surface area contributed by atoms with Crippen LogP contribution in [0.3, 0.4) is 0 Å². The lowest BCUT2D eigenvalue weighted by Crippen LogP contribution is -2.22. The molecule has 3 nitrogen and oxygen atoms in total. The van der Waals surface area contributed by atoms with E-state index in [1.807, 2.05) is 24.4 Å². The van der Waals surface area contributed by atoms with Gasteiger partial charge in [-0.15, -0.1) is 0 Å². The minimum absolute atomic E-state index is 0.252. The van der Waals surface area contributed by atoms with Crippen molar-refractivity contribution in [2.24, 2.45) is 0 Å². The number of benzene rings is 2. The van der Waals surface area contributed by atoms with Crippen molar-refractivity contribution in [2.45, 2.75) is 38.8 Å². The highest BCUT2D eigenvalue weighted by Crippen LogP contribution is 2.22. The van der Waals surface area contributed by atoms with E-state index in [9.17, 15) is 0 Å². The molecule has 3 rings (SSSR count). The summed E-state index contributed by atoms with van der Waals surface area (Å²) in [6, 6.07) is 21.1. The number of nitrogens with one attached hydrogen (secondary N) is 2. The summed E-state index contributed by atoms with van der Waals surface area (Å²) in [6.45, 7) is 3.09. The Bertz CT molecular complexity index is 719. The smallest absolute Gasteiger partial charge is 0.124 e. The number of unbranched alkanes of at least 4 members (excludes halogenated alkanes) is 1.